The maximum Gasteiger partial charge on any atom is 0.261 e. The molecule has 0 radical (unpaired) electrons. The van der Waals surface area contributed by atoms with Crippen molar-refractivity contribution >= 4 is 22.5 Å². The molecule has 1 heterocycles. The van der Waals surface area contributed by atoms with Crippen molar-refractivity contribution in [1.82, 2.24) is 9.55 Å². The highest BCUT2D eigenvalue weighted by Gasteiger charge is 2.05. The Morgan fingerprint density at radius 1 is 1.08 bits per heavy atom. The lowest BCUT2D eigenvalue weighted by Crippen LogP contribution is -2.23. The molecule has 0 amide bonds. The maximum absolute atomic E-state index is 12.3. The second-order valence-corrected chi connectivity index (χ2v) is 6.01. The molecule has 0 aliphatic heterocycles. The number of ether oxygens (including phenoxy) is 2. The van der Waals surface area contributed by atoms with Gasteiger partial charge in [-0.2, -0.15) is 0 Å². The van der Waals surface area contributed by atoms with E-state index in [4.69, 9.17) is 21.1 Å². The van der Waals surface area contributed by atoms with Crippen LogP contribution in [0, 0.1) is 6.92 Å². The van der Waals surface area contributed by atoms with Gasteiger partial charge in [-0.25, -0.2) is 4.98 Å². The molecule has 0 unspecified atom stereocenters. The van der Waals surface area contributed by atoms with Crippen LogP contribution in [0.2, 0.25) is 5.02 Å². The summed E-state index contributed by atoms with van der Waals surface area (Å²) < 4.78 is 12.8. The number of aromatic nitrogens is 2. The lowest BCUT2D eigenvalue weighted by atomic mass is 10.2. The summed E-state index contributed by atoms with van der Waals surface area (Å²) in [7, 11) is 0. The van der Waals surface area contributed by atoms with Gasteiger partial charge in [0.2, 0.25) is 0 Å². The van der Waals surface area contributed by atoms with Crippen LogP contribution in [0.4, 0.5) is 0 Å². The third kappa shape index (κ3) is 4.18. The Balaban J connectivity index is 1.48. The van der Waals surface area contributed by atoms with Gasteiger partial charge in [-0.1, -0.05) is 35.9 Å². The van der Waals surface area contributed by atoms with Gasteiger partial charge in [0, 0.05) is 0 Å². The van der Waals surface area contributed by atoms with Gasteiger partial charge in [0.05, 0.1) is 42.0 Å². The Bertz CT molecular complexity index is 904. The number of aryl methyl sites for hydroxylation is 1. The van der Waals surface area contributed by atoms with Crippen LogP contribution in [0.3, 0.4) is 0 Å². The number of hydrogen-bond donors (Lipinski definition) is 0. The third-order valence-electron chi connectivity index (χ3n) is 3.85. The van der Waals surface area contributed by atoms with Crippen LogP contribution in [0.1, 0.15) is 5.56 Å². The molecular formula is C19H19ClN2O3. The molecule has 0 N–H and O–H groups in total. The Morgan fingerprint density at radius 2 is 1.92 bits per heavy atom. The lowest BCUT2D eigenvalue weighted by Gasteiger charge is -2.11. The van der Waals surface area contributed by atoms with E-state index in [-0.39, 0.29) is 5.56 Å². The first-order valence-corrected chi connectivity index (χ1v) is 8.44. The predicted molar refractivity (Wildman–Crippen MR) is 98.5 cm³/mol. The van der Waals surface area contributed by atoms with Gasteiger partial charge in [-0.05, 0) is 30.7 Å². The van der Waals surface area contributed by atoms with E-state index in [9.17, 15) is 4.79 Å². The molecule has 5 nitrogen and oxygen atoms in total. The lowest BCUT2D eigenvalue weighted by molar-refractivity contribution is 0.0936. The van der Waals surface area contributed by atoms with E-state index >= 15 is 0 Å². The zero-order chi connectivity index (χ0) is 17.6. The fraction of sp³-hybridized carbons (Fsp3) is 0.263. The van der Waals surface area contributed by atoms with E-state index in [1.165, 1.54) is 0 Å². The Labute approximate surface area is 150 Å². The maximum atomic E-state index is 12.3. The van der Waals surface area contributed by atoms with Gasteiger partial charge in [0.25, 0.3) is 5.56 Å². The largest absolute Gasteiger partial charge is 0.489 e. The monoisotopic (exact) mass is 358 g/mol. The van der Waals surface area contributed by atoms with Gasteiger partial charge in [-0.3, -0.25) is 9.36 Å². The van der Waals surface area contributed by atoms with Gasteiger partial charge < -0.3 is 9.47 Å². The summed E-state index contributed by atoms with van der Waals surface area (Å²) in [6.45, 7) is 3.61. The number of rotatable bonds is 7. The van der Waals surface area contributed by atoms with E-state index in [0.29, 0.717) is 48.0 Å². The fourth-order valence-corrected chi connectivity index (χ4v) is 2.81. The summed E-state index contributed by atoms with van der Waals surface area (Å²) in [6.07, 6.45) is 1.55. The molecule has 0 fully saturated rings. The molecule has 0 bridgehead atoms. The zero-order valence-electron chi connectivity index (χ0n) is 13.9. The molecule has 0 aliphatic carbocycles. The van der Waals surface area contributed by atoms with Crippen molar-refractivity contribution in [3.05, 3.63) is 69.7 Å². The molecular weight excluding hydrogens is 340 g/mol. The van der Waals surface area contributed by atoms with Crippen molar-refractivity contribution < 1.29 is 9.47 Å². The Kier molecular flexibility index (Phi) is 5.68. The quantitative estimate of drug-likeness (QED) is 0.607. The number of nitrogens with zero attached hydrogens (tertiary/aromatic N) is 2. The Hall–Kier alpha value is -2.37. The van der Waals surface area contributed by atoms with Crippen LogP contribution < -0.4 is 10.3 Å². The van der Waals surface area contributed by atoms with E-state index in [0.717, 1.165) is 5.56 Å². The van der Waals surface area contributed by atoms with Crippen LogP contribution >= 0.6 is 11.6 Å². The minimum absolute atomic E-state index is 0.0582. The molecule has 0 saturated carbocycles. The number of fused-ring (bicyclic) bond motifs is 1. The molecule has 130 valence electrons. The second-order valence-electron chi connectivity index (χ2n) is 5.61. The van der Waals surface area contributed by atoms with Crippen LogP contribution in [0.5, 0.6) is 5.75 Å². The fourth-order valence-electron chi connectivity index (χ4n) is 2.53. The first-order valence-electron chi connectivity index (χ1n) is 8.06. The number of halogens is 1. The highest BCUT2D eigenvalue weighted by Crippen LogP contribution is 2.27. The van der Waals surface area contributed by atoms with Gasteiger partial charge in [-0.15, -0.1) is 0 Å². The summed E-state index contributed by atoms with van der Waals surface area (Å²) in [4.78, 5) is 16.6. The molecule has 0 aliphatic rings. The zero-order valence-corrected chi connectivity index (χ0v) is 14.7. The first-order chi connectivity index (χ1) is 12.2. The highest BCUT2D eigenvalue weighted by atomic mass is 35.5. The summed E-state index contributed by atoms with van der Waals surface area (Å²) >= 11 is 6.10. The van der Waals surface area contributed by atoms with Gasteiger partial charge in [0.1, 0.15) is 12.4 Å². The van der Waals surface area contributed by atoms with E-state index in [1.54, 1.807) is 23.0 Å². The standard InChI is InChI=1S/C19H19ClN2O3/c1-14-5-4-7-16(20)18(14)25-12-11-24-10-9-22-13-21-17-8-3-2-6-15(17)19(22)23/h2-8,13H,9-12H2,1H3. The molecule has 0 atom stereocenters. The van der Waals surface area contributed by atoms with Crippen molar-refractivity contribution in [3.63, 3.8) is 0 Å². The molecule has 1 aromatic heterocycles. The van der Waals surface area contributed by atoms with E-state index < -0.39 is 0 Å². The average Bonchev–Trinajstić information content (AvgIpc) is 2.62. The summed E-state index contributed by atoms with van der Waals surface area (Å²) in [6, 6.07) is 12.9. The molecule has 25 heavy (non-hydrogen) atoms. The number of benzene rings is 2. The van der Waals surface area contributed by atoms with Crippen LogP contribution in [0.15, 0.2) is 53.6 Å². The van der Waals surface area contributed by atoms with Crippen molar-refractivity contribution in [2.24, 2.45) is 0 Å². The highest BCUT2D eigenvalue weighted by molar-refractivity contribution is 6.32. The summed E-state index contributed by atoms with van der Waals surface area (Å²) in [5, 5.41) is 1.20. The van der Waals surface area contributed by atoms with Gasteiger partial charge in [0.15, 0.2) is 0 Å². The molecule has 6 heteroatoms. The van der Waals surface area contributed by atoms with Crippen LogP contribution in [-0.4, -0.2) is 29.4 Å². The normalized spacial score (nSPS) is 11.0. The Morgan fingerprint density at radius 3 is 2.76 bits per heavy atom. The van der Waals surface area contributed by atoms with Crippen molar-refractivity contribution in [2.45, 2.75) is 13.5 Å². The summed E-state index contributed by atoms with van der Waals surface area (Å²) in [5.74, 6) is 0.683. The van der Waals surface area contributed by atoms with Crippen molar-refractivity contribution in [1.29, 1.82) is 0 Å². The minimum Gasteiger partial charge on any atom is -0.489 e. The molecule has 3 aromatic rings. The smallest absolute Gasteiger partial charge is 0.261 e. The topological polar surface area (TPSA) is 53.4 Å². The SMILES string of the molecule is Cc1cccc(Cl)c1OCCOCCn1cnc2ccccc2c1=O. The van der Waals surface area contributed by atoms with E-state index in [1.807, 2.05) is 37.3 Å². The first kappa shape index (κ1) is 17.5. The number of hydrogen-bond acceptors (Lipinski definition) is 4. The molecule has 0 spiro atoms. The molecule has 3 rings (SSSR count). The van der Waals surface area contributed by atoms with E-state index in [2.05, 4.69) is 4.98 Å². The second kappa shape index (κ2) is 8.14. The minimum atomic E-state index is -0.0582. The third-order valence-corrected chi connectivity index (χ3v) is 4.14. The predicted octanol–water partition coefficient (Wildman–Crippen LogP) is 3.45. The molecule has 2 aromatic carbocycles. The summed E-state index contributed by atoms with van der Waals surface area (Å²) in [5.41, 5.74) is 1.63. The van der Waals surface area contributed by atoms with Crippen molar-refractivity contribution in [3.8, 4) is 5.75 Å². The van der Waals surface area contributed by atoms with Crippen LogP contribution in [-0.2, 0) is 11.3 Å². The van der Waals surface area contributed by atoms with Crippen LogP contribution in [0.25, 0.3) is 10.9 Å². The van der Waals surface area contributed by atoms with Gasteiger partial charge >= 0.3 is 0 Å². The van der Waals surface area contributed by atoms with Crippen molar-refractivity contribution in [2.75, 3.05) is 19.8 Å². The number of para-hydroxylation sites is 2. The average molecular weight is 359 g/mol. The molecule has 0 saturated heterocycles.